The number of likely N-dealkylation sites (tertiary alicyclic amines) is 1. The smallest absolute Gasteiger partial charge is 0.250 e. The predicted octanol–water partition coefficient (Wildman–Crippen LogP) is 0.222. The van der Waals surface area contributed by atoms with Gasteiger partial charge >= 0.3 is 0 Å². The number of sulfonamides is 1. The average Bonchev–Trinajstić information content (AvgIpc) is 3.08. The lowest BCUT2D eigenvalue weighted by Crippen LogP contribution is -2.46. The Kier molecular flexibility index (Phi) is 4.79. The minimum atomic E-state index is -3.61. The minimum Gasteiger partial charge on any atom is -0.341 e. The highest BCUT2D eigenvalue weighted by Gasteiger charge is 2.30. The van der Waals surface area contributed by atoms with Crippen molar-refractivity contribution < 1.29 is 13.2 Å². The third kappa shape index (κ3) is 3.38. The van der Waals surface area contributed by atoms with Crippen LogP contribution in [0.3, 0.4) is 0 Å². The number of nitrogens with zero attached hydrogens (tertiary/aromatic N) is 1. The summed E-state index contributed by atoms with van der Waals surface area (Å²) in [6, 6.07) is 2.42. The van der Waals surface area contributed by atoms with E-state index in [0.29, 0.717) is 25.6 Å². The molecule has 2 unspecified atom stereocenters. The van der Waals surface area contributed by atoms with Crippen LogP contribution in [0.15, 0.2) is 21.7 Å². The van der Waals surface area contributed by atoms with E-state index in [1.54, 1.807) is 23.3 Å². The highest BCUT2D eigenvalue weighted by Crippen LogP contribution is 2.18. The summed E-state index contributed by atoms with van der Waals surface area (Å²) in [5.41, 5.74) is 5.59. The van der Waals surface area contributed by atoms with Crippen LogP contribution in [-0.2, 0) is 14.8 Å². The van der Waals surface area contributed by atoms with Crippen LogP contribution in [0.4, 0.5) is 0 Å². The van der Waals surface area contributed by atoms with Crippen LogP contribution in [-0.4, -0.2) is 44.9 Å². The van der Waals surface area contributed by atoms with Gasteiger partial charge in [-0.05, 0) is 37.3 Å². The Balaban J connectivity index is 1.98. The molecule has 0 bridgehead atoms. The van der Waals surface area contributed by atoms with Gasteiger partial charge in [0.2, 0.25) is 5.91 Å². The minimum absolute atomic E-state index is 0.193. The first kappa shape index (κ1) is 15.4. The molecule has 1 aromatic rings. The van der Waals surface area contributed by atoms with Crippen LogP contribution in [0.25, 0.3) is 0 Å². The summed E-state index contributed by atoms with van der Waals surface area (Å²) in [6.45, 7) is 3.38. The lowest BCUT2D eigenvalue weighted by atomic mass is 10.1. The standard InChI is InChI=1S/C12H19N3O3S2/c1-9(12(16)15-5-4-10(7-13)8-15)14-20(17,18)11-3-2-6-19-11/h2-3,6,9-10,14H,4-5,7-8,13H2,1H3. The molecule has 1 amide bonds. The van der Waals surface area contributed by atoms with Gasteiger partial charge in [-0.2, -0.15) is 4.72 Å². The van der Waals surface area contributed by atoms with Crippen LogP contribution >= 0.6 is 11.3 Å². The van der Waals surface area contributed by atoms with E-state index in [1.165, 1.54) is 6.07 Å². The Labute approximate surface area is 123 Å². The SMILES string of the molecule is CC(NS(=O)(=O)c1cccs1)C(=O)N1CCC(CN)C1. The van der Waals surface area contributed by atoms with Crippen molar-refractivity contribution in [3.05, 3.63) is 17.5 Å². The molecule has 3 N–H and O–H groups in total. The molecule has 0 radical (unpaired) electrons. The number of carbonyl (C=O) groups is 1. The molecule has 0 saturated carbocycles. The van der Waals surface area contributed by atoms with Gasteiger partial charge in [0, 0.05) is 13.1 Å². The number of hydrogen-bond acceptors (Lipinski definition) is 5. The molecular weight excluding hydrogens is 298 g/mol. The zero-order valence-electron chi connectivity index (χ0n) is 11.3. The van der Waals surface area contributed by atoms with Crippen molar-refractivity contribution in [1.29, 1.82) is 0 Å². The first-order chi connectivity index (χ1) is 9.44. The third-order valence-electron chi connectivity index (χ3n) is 3.39. The van der Waals surface area contributed by atoms with Gasteiger partial charge in [0.15, 0.2) is 0 Å². The Bertz CT molecular complexity index is 557. The maximum atomic E-state index is 12.2. The van der Waals surface area contributed by atoms with Gasteiger partial charge in [0.25, 0.3) is 10.0 Å². The number of nitrogens with two attached hydrogens (primary N) is 1. The fourth-order valence-electron chi connectivity index (χ4n) is 2.26. The summed E-state index contributed by atoms with van der Waals surface area (Å²) in [4.78, 5) is 13.9. The van der Waals surface area contributed by atoms with Gasteiger partial charge in [0.1, 0.15) is 4.21 Å². The molecule has 1 fully saturated rings. The fraction of sp³-hybridized carbons (Fsp3) is 0.583. The average molecular weight is 317 g/mol. The molecule has 112 valence electrons. The Hall–Kier alpha value is -0.960. The number of rotatable bonds is 5. The molecule has 8 heteroatoms. The van der Waals surface area contributed by atoms with Crippen LogP contribution in [0.1, 0.15) is 13.3 Å². The van der Waals surface area contributed by atoms with Crippen LogP contribution in [0.5, 0.6) is 0 Å². The molecule has 0 aliphatic carbocycles. The van der Waals surface area contributed by atoms with Gasteiger partial charge in [-0.3, -0.25) is 4.79 Å². The van der Waals surface area contributed by atoms with Gasteiger partial charge in [-0.1, -0.05) is 6.07 Å². The summed E-state index contributed by atoms with van der Waals surface area (Å²) < 4.78 is 26.8. The summed E-state index contributed by atoms with van der Waals surface area (Å²) in [5, 5.41) is 1.69. The monoisotopic (exact) mass is 317 g/mol. The lowest BCUT2D eigenvalue weighted by Gasteiger charge is -2.21. The maximum Gasteiger partial charge on any atom is 0.250 e. The first-order valence-electron chi connectivity index (χ1n) is 6.48. The molecule has 1 aliphatic heterocycles. The van der Waals surface area contributed by atoms with Crippen molar-refractivity contribution in [2.45, 2.75) is 23.6 Å². The molecule has 1 saturated heterocycles. The van der Waals surface area contributed by atoms with Crippen molar-refractivity contribution in [2.24, 2.45) is 11.7 Å². The van der Waals surface area contributed by atoms with E-state index in [4.69, 9.17) is 5.73 Å². The molecule has 20 heavy (non-hydrogen) atoms. The van der Waals surface area contributed by atoms with E-state index in [2.05, 4.69) is 4.72 Å². The quantitative estimate of drug-likeness (QED) is 0.812. The Morgan fingerprint density at radius 2 is 2.40 bits per heavy atom. The topological polar surface area (TPSA) is 92.5 Å². The number of nitrogens with one attached hydrogen (secondary N) is 1. The molecule has 1 aromatic heterocycles. The largest absolute Gasteiger partial charge is 0.341 e. The van der Waals surface area contributed by atoms with Crippen molar-refractivity contribution >= 4 is 27.3 Å². The molecule has 6 nitrogen and oxygen atoms in total. The molecule has 0 aromatic carbocycles. The zero-order valence-corrected chi connectivity index (χ0v) is 12.9. The second kappa shape index (κ2) is 6.21. The predicted molar refractivity (Wildman–Crippen MR) is 77.8 cm³/mol. The molecule has 2 atom stereocenters. The molecule has 2 rings (SSSR count). The number of amides is 1. The van der Waals surface area contributed by atoms with Crippen LogP contribution in [0.2, 0.25) is 0 Å². The lowest BCUT2D eigenvalue weighted by molar-refractivity contribution is -0.131. The second-order valence-corrected chi connectivity index (χ2v) is 7.84. The zero-order chi connectivity index (χ0) is 14.8. The molecule has 0 spiro atoms. The van der Waals surface area contributed by atoms with E-state index in [1.807, 2.05) is 0 Å². The van der Waals surface area contributed by atoms with E-state index in [9.17, 15) is 13.2 Å². The van der Waals surface area contributed by atoms with E-state index in [-0.39, 0.29) is 10.1 Å². The first-order valence-corrected chi connectivity index (χ1v) is 8.85. The van der Waals surface area contributed by atoms with E-state index >= 15 is 0 Å². The second-order valence-electron chi connectivity index (χ2n) is 4.95. The van der Waals surface area contributed by atoms with E-state index in [0.717, 1.165) is 17.8 Å². The van der Waals surface area contributed by atoms with Gasteiger partial charge < -0.3 is 10.6 Å². The Morgan fingerprint density at radius 1 is 1.65 bits per heavy atom. The van der Waals surface area contributed by atoms with Crippen LogP contribution in [0, 0.1) is 5.92 Å². The van der Waals surface area contributed by atoms with Gasteiger partial charge in [-0.15, -0.1) is 11.3 Å². The highest BCUT2D eigenvalue weighted by atomic mass is 32.2. The summed E-state index contributed by atoms with van der Waals surface area (Å²) in [5.74, 6) is 0.126. The normalized spacial score (nSPS) is 21.1. The van der Waals surface area contributed by atoms with Crippen LogP contribution < -0.4 is 10.5 Å². The summed E-state index contributed by atoms with van der Waals surface area (Å²) in [6.07, 6.45) is 0.882. The van der Waals surface area contributed by atoms with Crippen molar-refractivity contribution in [3.63, 3.8) is 0 Å². The maximum absolute atomic E-state index is 12.2. The van der Waals surface area contributed by atoms with Gasteiger partial charge in [-0.25, -0.2) is 8.42 Å². The fourth-order valence-corrected chi connectivity index (χ4v) is 4.46. The van der Waals surface area contributed by atoms with Crippen molar-refractivity contribution in [2.75, 3.05) is 19.6 Å². The molecule has 2 heterocycles. The highest BCUT2D eigenvalue weighted by molar-refractivity contribution is 7.91. The molecular formula is C12H19N3O3S2. The van der Waals surface area contributed by atoms with Crippen molar-refractivity contribution in [3.8, 4) is 0 Å². The summed E-state index contributed by atoms with van der Waals surface area (Å²) >= 11 is 1.13. The van der Waals surface area contributed by atoms with Crippen molar-refractivity contribution in [1.82, 2.24) is 9.62 Å². The Morgan fingerprint density at radius 3 is 2.95 bits per heavy atom. The van der Waals surface area contributed by atoms with Gasteiger partial charge in [0.05, 0.1) is 6.04 Å². The number of hydrogen-bond donors (Lipinski definition) is 2. The molecule has 1 aliphatic rings. The van der Waals surface area contributed by atoms with E-state index < -0.39 is 16.1 Å². The number of carbonyl (C=O) groups excluding carboxylic acids is 1. The summed E-state index contributed by atoms with van der Waals surface area (Å²) in [7, 11) is -3.61. The third-order valence-corrected chi connectivity index (χ3v) is 6.33. The number of thiophene rings is 1.